The van der Waals surface area contributed by atoms with Gasteiger partial charge in [-0.1, -0.05) is 91.0 Å². The molecule has 5 heteroatoms. The van der Waals surface area contributed by atoms with E-state index in [-0.39, 0.29) is 5.91 Å². The molecule has 5 aromatic rings. The van der Waals surface area contributed by atoms with Crippen molar-refractivity contribution in [3.8, 4) is 11.3 Å². The van der Waals surface area contributed by atoms with Gasteiger partial charge in [0.25, 0.3) is 0 Å². The van der Waals surface area contributed by atoms with Crippen LogP contribution in [-0.2, 0) is 4.79 Å². The van der Waals surface area contributed by atoms with Crippen LogP contribution in [0, 0.1) is 6.92 Å². The van der Waals surface area contributed by atoms with E-state index in [2.05, 4.69) is 23.6 Å². The van der Waals surface area contributed by atoms with E-state index in [1.165, 1.54) is 5.56 Å². The van der Waals surface area contributed by atoms with E-state index in [0.29, 0.717) is 0 Å². The molecule has 0 radical (unpaired) electrons. The van der Waals surface area contributed by atoms with Crippen LogP contribution in [0.25, 0.3) is 11.3 Å². The number of amides is 1. The quantitative estimate of drug-likeness (QED) is 0.254. The zero-order valence-corrected chi connectivity index (χ0v) is 20.1. The first-order valence-electron chi connectivity index (χ1n) is 11.5. The molecule has 0 aliphatic rings. The van der Waals surface area contributed by atoms with Crippen molar-refractivity contribution in [3.63, 3.8) is 0 Å². The van der Waals surface area contributed by atoms with Crippen LogP contribution in [0.4, 0.5) is 16.5 Å². The monoisotopic (exact) mass is 475 g/mol. The van der Waals surface area contributed by atoms with Crippen LogP contribution in [-0.4, -0.2) is 10.9 Å². The van der Waals surface area contributed by atoms with Crippen molar-refractivity contribution < 1.29 is 4.79 Å². The highest BCUT2D eigenvalue weighted by Crippen LogP contribution is 2.31. The Balaban J connectivity index is 1.37. The SMILES string of the molecule is Cc1ccccc1Nc1nc(-c2cccc(NC(=O)C(c3ccccc3)c3ccccc3)c2)cs1. The van der Waals surface area contributed by atoms with Crippen molar-refractivity contribution >= 4 is 33.8 Å². The lowest BCUT2D eigenvalue weighted by Crippen LogP contribution is -2.22. The summed E-state index contributed by atoms with van der Waals surface area (Å²) in [6.07, 6.45) is 0. The maximum Gasteiger partial charge on any atom is 0.236 e. The second kappa shape index (κ2) is 10.4. The van der Waals surface area contributed by atoms with Gasteiger partial charge in [0.1, 0.15) is 0 Å². The van der Waals surface area contributed by atoms with Crippen LogP contribution < -0.4 is 10.6 Å². The number of aromatic nitrogens is 1. The number of benzene rings is 4. The minimum absolute atomic E-state index is 0.0697. The summed E-state index contributed by atoms with van der Waals surface area (Å²) in [5, 5.41) is 9.38. The van der Waals surface area contributed by atoms with E-state index in [1.807, 2.05) is 109 Å². The average molecular weight is 476 g/mol. The number of carbonyl (C=O) groups excluding carboxylic acids is 1. The number of carbonyl (C=O) groups is 1. The van der Waals surface area contributed by atoms with Gasteiger partial charge in [0.05, 0.1) is 11.6 Å². The summed E-state index contributed by atoms with van der Waals surface area (Å²) in [6, 6.07) is 35.7. The Hall–Kier alpha value is -4.22. The first-order chi connectivity index (χ1) is 17.2. The van der Waals surface area contributed by atoms with Gasteiger partial charge in [-0.25, -0.2) is 4.98 Å². The molecule has 1 amide bonds. The second-order valence-electron chi connectivity index (χ2n) is 8.30. The lowest BCUT2D eigenvalue weighted by Gasteiger charge is -2.18. The summed E-state index contributed by atoms with van der Waals surface area (Å²) in [5.74, 6) is -0.468. The third-order valence-corrected chi connectivity index (χ3v) is 6.60. The van der Waals surface area contributed by atoms with E-state index in [4.69, 9.17) is 4.98 Å². The lowest BCUT2D eigenvalue weighted by atomic mass is 9.90. The van der Waals surface area contributed by atoms with E-state index >= 15 is 0 Å². The van der Waals surface area contributed by atoms with Gasteiger partial charge >= 0.3 is 0 Å². The smallest absolute Gasteiger partial charge is 0.236 e. The summed E-state index contributed by atoms with van der Waals surface area (Å²) >= 11 is 1.56. The van der Waals surface area contributed by atoms with E-state index in [1.54, 1.807) is 11.3 Å². The first-order valence-corrected chi connectivity index (χ1v) is 12.3. The van der Waals surface area contributed by atoms with Crippen molar-refractivity contribution in [2.24, 2.45) is 0 Å². The molecule has 0 bridgehead atoms. The molecule has 0 aliphatic carbocycles. The topological polar surface area (TPSA) is 54.0 Å². The third-order valence-electron chi connectivity index (χ3n) is 5.84. The molecule has 5 rings (SSSR count). The fraction of sp³-hybridized carbons (Fsp3) is 0.0667. The molecule has 4 nitrogen and oxygen atoms in total. The van der Waals surface area contributed by atoms with Gasteiger partial charge in [-0.3, -0.25) is 4.79 Å². The zero-order valence-electron chi connectivity index (χ0n) is 19.3. The van der Waals surface area contributed by atoms with Crippen LogP contribution in [0.3, 0.4) is 0 Å². The summed E-state index contributed by atoms with van der Waals surface area (Å²) in [5.41, 5.74) is 6.68. The van der Waals surface area contributed by atoms with Gasteiger partial charge in [0.2, 0.25) is 5.91 Å². The number of para-hydroxylation sites is 1. The van der Waals surface area contributed by atoms with Gasteiger partial charge in [-0.05, 0) is 41.8 Å². The van der Waals surface area contributed by atoms with Crippen LogP contribution >= 0.6 is 11.3 Å². The molecule has 0 saturated carbocycles. The lowest BCUT2D eigenvalue weighted by molar-refractivity contribution is -0.116. The highest BCUT2D eigenvalue weighted by atomic mass is 32.1. The third kappa shape index (κ3) is 5.31. The predicted octanol–water partition coefficient (Wildman–Crippen LogP) is 7.63. The fourth-order valence-electron chi connectivity index (χ4n) is 4.05. The number of nitrogens with one attached hydrogen (secondary N) is 2. The highest BCUT2D eigenvalue weighted by Gasteiger charge is 2.22. The largest absolute Gasteiger partial charge is 0.331 e. The van der Waals surface area contributed by atoms with Crippen LogP contribution in [0.5, 0.6) is 0 Å². The maximum atomic E-state index is 13.5. The molecule has 2 N–H and O–H groups in total. The van der Waals surface area contributed by atoms with Crippen LogP contribution in [0.15, 0.2) is 115 Å². The molecule has 1 aromatic heterocycles. The number of hydrogen-bond acceptors (Lipinski definition) is 4. The van der Waals surface area contributed by atoms with Gasteiger partial charge in [-0.15, -0.1) is 11.3 Å². The molecule has 0 spiro atoms. The minimum Gasteiger partial charge on any atom is -0.331 e. The van der Waals surface area contributed by atoms with E-state index < -0.39 is 5.92 Å². The minimum atomic E-state index is -0.398. The molecule has 0 unspecified atom stereocenters. The number of thiazole rings is 1. The zero-order chi connectivity index (χ0) is 24.0. The molecule has 35 heavy (non-hydrogen) atoms. The van der Waals surface area contributed by atoms with Crippen LogP contribution in [0.2, 0.25) is 0 Å². The van der Waals surface area contributed by atoms with Gasteiger partial charge < -0.3 is 10.6 Å². The van der Waals surface area contributed by atoms with Crippen molar-refractivity contribution in [1.82, 2.24) is 4.98 Å². The summed E-state index contributed by atoms with van der Waals surface area (Å²) in [6.45, 7) is 2.07. The molecular weight excluding hydrogens is 450 g/mol. The molecule has 0 aliphatic heterocycles. The number of rotatable bonds is 7. The van der Waals surface area contributed by atoms with Crippen molar-refractivity contribution in [1.29, 1.82) is 0 Å². The highest BCUT2D eigenvalue weighted by molar-refractivity contribution is 7.14. The molecule has 0 saturated heterocycles. The number of hydrogen-bond donors (Lipinski definition) is 2. The normalized spacial score (nSPS) is 10.8. The van der Waals surface area contributed by atoms with Gasteiger partial charge in [0.15, 0.2) is 5.13 Å². The number of anilines is 3. The second-order valence-corrected chi connectivity index (χ2v) is 9.16. The molecule has 172 valence electrons. The number of nitrogens with zero attached hydrogens (tertiary/aromatic N) is 1. The predicted molar refractivity (Wildman–Crippen MR) is 145 cm³/mol. The summed E-state index contributed by atoms with van der Waals surface area (Å²) in [7, 11) is 0. The molecule has 1 heterocycles. The maximum absolute atomic E-state index is 13.5. The Bertz CT molecular complexity index is 1390. The standard InChI is InChI=1S/C30H25N3OS/c1-21-11-8-9-18-26(21)32-30-33-27(20-35-30)24-16-10-17-25(19-24)31-29(34)28(22-12-4-2-5-13-22)23-14-6-3-7-15-23/h2-20,28H,1H3,(H,31,34)(H,32,33). The molecular formula is C30H25N3OS. The van der Waals surface area contributed by atoms with Crippen LogP contribution in [0.1, 0.15) is 22.6 Å². The fourth-order valence-corrected chi connectivity index (χ4v) is 4.78. The Morgan fingerprint density at radius 3 is 2.14 bits per heavy atom. The Labute approximate surface area is 209 Å². The van der Waals surface area contributed by atoms with Crippen molar-refractivity contribution in [3.05, 3.63) is 131 Å². The molecule has 0 atom stereocenters. The van der Waals surface area contributed by atoms with Crippen molar-refractivity contribution in [2.75, 3.05) is 10.6 Å². The summed E-state index contributed by atoms with van der Waals surface area (Å²) in [4.78, 5) is 18.2. The van der Waals surface area contributed by atoms with Gasteiger partial charge in [0, 0.05) is 22.3 Å². The van der Waals surface area contributed by atoms with Crippen molar-refractivity contribution in [2.45, 2.75) is 12.8 Å². The Kier molecular flexibility index (Phi) is 6.68. The first kappa shape index (κ1) is 22.6. The van der Waals surface area contributed by atoms with E-state index in [9.17, 15) is 4.79 Å². The number of aryl methyl sites for hydroxylation is 1. The summed E-state index contributed by atoms with van der Waals surface area (Å²) < 4.78 is 0. The van der Waals surface area contributed by atoms with E-state index in [0.717, 1.165) is 38.9 Å². The Morgan fingerprint density at radius 2 is 1.46 bits per heavy atom. The molecule has 0 fully saturated rings. The van der Waals surface area contributed by atoms with Gasteiger partial charge in [-0.2, -0.15) is 0 Å². The average Bonchev–Trinajstić information content (AvgIpc) is 3.36. The Morgan fingerprint density at radius 1 is 0.800 bits per heavy atom. The molecule has 4 aromatic carbocycles.